The third-order valence-corrected chi connectivity index (χ3v) is 4.86. The number of hydrogen-bond donors (Lipinski definition) is 1. The van der Waals surface area contributed by atoms with Crippen LogP contribution in [0.5, 0.6) is 11.5 Å². The van der Waals surface area contributed by atoms with Crippen molar-refractivity contribution >= 4 is 28.9 Å². The smallest absolute Gasteiger partial charge is 0.166 e. The number of rotatable bonds is 7. The number of ether oxygens (including phenoxy) is 2. The van der Waals surface area contributed by atoms with Gasteiger partial charge in [-0.05, 0) is 42.3 Å². The van der Waals surface area contributed by atoms with Crippen LogP contribution in [0.3, 0.4) is 0 Å². The van der Waals surface area contributed by atoms with Gasteiger partial charge in [0.1, 0.15) is 6.61 Å². The molecule has 0 bridgehead atoms. The summed E-state index contributed by atoms with van der Waals surface area (Å²) in [6.45, 7) is 3.09. The Hall–Kier alpha value is -2.36. The Morgan fingerprint density at radius 3 is 2.44 bits per heavy atom. The lowest BCUT2D eigenvalue weighted by molar-refractivity contribution is 0.281. The zero-order valence-corrected chi connectivity index (χ0v) is 16.8. The standard InChI is InChI=1S/C22H21Cl2NO2/c1-15-6-3-4-7-17(15)14-27-22-16(8-5-9-21(22)26-2)13-25-20-11-10-18(23)12-19(20)24/h3-12,25H,13-14H2,1-2H3. The zero-order valence-electron chi connectivity index (χ0n) is 15.3. The number of nitrogens with one attached hydrogen (secondary N) is 1. The molecule has 5 heteroatoms. The van der Waals surface area contributed by atoms with Crippen LogP contribution >= 0.6 is 23.2 Å². The van der Waals surface area contributed by atoms with Crippen molar-refractivity contribution in [3.05, 3.63) is 87.4 Å². The maximum Gasteiger partial charge on any atom is 0.166 e. The molecule has 0 fully saturated rings. The SMILES string of the molecule is COc1cccc(CNc2ccc(Cl)cc2Cl)c1OCc1ccccc1C. The Morgan fingerprint density at radius 2 is 1.70 bits per heavy atom. The van der Waals surface area contributed by atoms with Gasteiger partial charge in [0.2, 0.25) is 0 Å². The van der Waals surface area contributed by atoms with Gasteiger partial charge >= 0.3 is 0 Å². The lowest BCUT2D eigenvalue weighted by Crippen LogP contribution is -2.06. The Morgan fingerprint density at radius 1 is 0.926 bits per heavy atom. The average molecular weight is 402 g/mol. The summed E-state index contributed by atoms with van der Waals surface area (Å²) in [6.07, 6.45) is 0. The van der Waals surface area contributed by atoms with E-state index in [2.05, 4.69) is 24.4 Å². The Bertz CT molecular complexity index is 928. The molecule has 0 saturated carbocycles. The molecule has 0 saturated heterocycles. The second kappa shape index (κ2) is 9.03. The van der Waals surface area contributed by atoms with Crippen molar-refractivity contribution < 1.29 is 9.47 Å². The summed E-state index contributed by atoms with van der Waals surface area (Å²) in [6, 6.07) is 19.4. The molecule has 27 heavy (non-hydrogen) atoms. The molecule has 3 aromatic carbocycles. The highest BCUT2D eigenvalue weighted by atomic mass is 35.5. The number of hydrogen-bond acceptors (Lipinski definition) is 3. The molecule has 0 aliphatic rings. The average Bonchev–Trinajstić information content (AvgIpc) is 2.67. The van der Waals surface area contributed by atoms with Gasteiger partial charge in [-0.2, -0.15) is 0 Å². The van der Waals surface area contributed by atoms with Crippen LogP contribution in [0.25, 0.3) is 0 Å². The van der Waals surface area contributed by atoms with Gasteiger partial charge in [-0.3, -0.25) is 0 Å². The summed E-state index contributed by atoms with van der Waals surface area (Å²) in [4.78, 5) is 0. The van der Waals surface area contributed by atoms with E-state index in [1.54, 1.807) is 19.2 Å². The molecule has 140 valence electrons. The summed E-state index contributed by atoms with van der Waals surface area (Å²) in [7, 11) is 1.64. The second-order valence-electron chi connectivity index (χ2n) is 6.14. The van der Waals surface area contributed by atoms with E-state index in [0.717, 1.165) is 22.6 Å². The predicted octanol–water partition coefficient (Wildman–Crippen LogP) is 6.50. The second-order valence-corrected chi connectivity index (χ2v) is 6.99. The van der Waals surface area contributed by atoms with E-state index in [1.807, 2.05) is 36.4 Å². The molecule has 0 atom stereocenters. The van der Waals surface area contributed by atoms with E-state index in [0.29, 0.717) is 28.9 Å². The largest absolute Gasteiger partial charge is 0.493 e. The maximum absolute atomic E-state index is 6.25. The minimum absolute atomic E-state index is 0.474. The summed E-state index contributed by atoms with van der Waals surface area (Å²) < 4.78 is 11.6. The fraction of sp³-hybridized carbons (Fsp3) is 0.182. The van der Waals surface area contributed by atoms with Crippen molar-refractivity contribution in [3.63, 3.8) is 0 Å². The van der Waals surface area contributed by atoms with E-state index >= 15 is 0 Å². The molecule has 3 nitrogen and oxygen atoms in total. The minimum atomic E-state index is 0.474. The number of benzene rings is 3. The number of para-hydroxylation sites is 1. The number of methoxy groups -OCH3 is 1. The van der Waals surface area contributed by atoms with Crippen LogP contribution in [-0.2, 0) is 13.2 Å². The topological polar surface area (TPSA) is 30.5 Å². The number of aryl methyl sites for hydroxylation is 1. The first-order chi connectivity index (χ1) is 13.1. The van der Waals surface area contributed by atoms with Gasteiger partial charge in [-0.1, -0.05) is 59.6 Å². The van der Waals surface area contributed by atoms with E-state index in [1.165, 1.54) is 5.56 Å². The molecule has 0 aromatic heterocycles. The highest BCUT2D eigenvalue weighted by Crippen LogP contribution is 2.33. The van der Waals surface area contributed by atoms with E-state index in [-0.39, 0.29) is 0 Å². The lowest BCUT2D eigenvalue weighted by atomic mass is 10.1. The molecular formula is C22H21Cl2NO2. The molecule has 0 amide bonds. The Kier molecular flexibility index (Phi) is 6.49. The highest BCUT2D eigenvalue weighted by molar-refractivity contribution is 6.36. The third-order valence-electron chi connectivity index (χ3n) is 4.31. The van der Waals surface area contributed by atoms with Gasteiger partial charge in [0.25, 0.3) is 0 Å². The lowest BCUT2D eigenvalue weighted by Gasteiger charge is -2.17. The van der Waals surface area contributed by atoms with Crippen molar-refractivity contribution in [1.82, 2.24) is 0 Å². The molecular weight excluding hydrogens is 381 g/mol. The fourth-order valence-corrected chi connectivity index (χ4v) is 3.25. The molecule has 0 spiro atoms. The van der Waals surface area contributed by atoms with Crippen molar-refractivity contribution in [2.45, 2.75) is 20.1 Å². The van der Waals surface area contributed by atoms with Crippen molar-refractivity contribution in [1.29, 1.82) is 0 Å². The van der Waals surface area contributed by atoms with Crippen LogP contribution in [0.2, 0.25) is 10.0 Å². The van der Waals surface area contributed by atoms with Gasteiger partial charge in [-0.15, -0.1) is 0 Å². The quantitative estimate of drug-likeness (QED) is 0.489. The van der Waals surface area contributed by atoms with Crippen LogP contribution in [0, 0.1) is 6.92 Å². The number of halogens is 2. The van der Waals surface area contributed by atoms with E-state index < -0.39 is 0 Å². The van der Waals surface area contributed by atoms with Gasteiger partial charge in [0, 0.05) is 17.1 Å². The van der Waals surface area contributed by atoms with Crippen molar-refractivity contribution in [2.75, 3.05) is 12.4 Å². The van der Waals surface area contributed by atoms with Gasteiger partial charge in [-0.25, -0.2) is 0 Å². The Labute approximate surface area is 169 Å². The van der Waals surface area contributed by atoms with E-state index in [9.17, 15) is 0 Å². The molecule has 0 aliphatic carbocycles. The van der Waals surface area contributed by atoms with Crippen LogP contribution in [0.4, 0.5) is 5.69 Å². The molecule has 3 aromatic rings. The van der Waals surface area contributed by atoms with Crippen LogP contribution in [0.15, 0.2) is 60.7 Å². The highest BCUT2D eigenvalue weighted by Gasteiger charge is 2.12. The summed E-state index contributed by atoms with van der Waals surface area (Å²) >= 11 is 12.2. The predicted molar refractivity (Wildman–Crippen MR) is 112 cm³/mol. The first kappa shape index (κ1) is 19.4. The third kappa shape index (κ3) is 4.88. The molecule has 0 aliphatic heterocycles. The normalized spacial score (nSPS) is 10.5. The monoisotopic (exact) mass is 401 g/mol. The summed E-state index contributed by atoms with van der Waals surface area (Å²) in [5.41, 5.74) is 4.13. The molecule has 0 heterocycles. The van der Waals surface area contributed by atoms with Crippen molar-refractivity contribution in [2.24, 2.45) is 0 Å². The maximum atomic E-state index is 6.25. The molecule has 1 N–H and O–H groups in total. The molecule has 0 unspecified atom stereocenters. The Balaban J connectivity index is 1.79. The minimum Gasteiger partial charge on any atom is -0.493 e. The molecule has 0 radical (unpaired) electrons. The van der Waals surface area contributed by atoms with Crippen molar-refractivity contribution in [3.8, 4) is 11.5 Å². The number of anilines is 1. The summed E-state index contributed by atoms with van der Waals surface area (Å²) in [5.74, 6) is 1.42. The first-order valence-electron chi connectivity index (χ1n) is 8.60. The first-order valence-corrected chi connectivity index (χ1v) is 9.36. The summed E-state index contributed by atoms with van der Waals surface area (Å²) in [5, 5.41) is 4.51. The van der Waals surface area contributed by atoms with Gasteiger partial charge in [0.15, 0.2) is 11.5 Å². The van der Waals surface area contributed by atoms with Gasteiger partial charge < -0.3 is 14.8 Å². The van der Waals surface area contributed by atoms with Gasteiger partial charge in [0.05, 0.1) is 17.8 Å². The van der Waals surface area contributed by atoms with E-state index in [4.69, 9.17) is 32.7 Å². The fourth-order valence-electron chi connectivity index (χ4n) is 2.77. The van der Waals surface area contributed by atoms with Crippen LogP contribution in [0.1, 0.15) is 16.7 Å². The van der Waals surface area contributed by atoms with Crippen LogP contribution < -0.4 is 14.8 Å². The molecule has 3 rings (SSSR count). The van der Waals surface area contributed by atoms with Crippen LogP contribution in [-0.4, -0.2) is 7.11 Å². The zero-order chi connectivity index (χ0) is 19.2.